The van der Waals surface area contributed by atoms with E-state index in [0.717, 1.165) is 25.7 Å². The van der Waals surface area contributed by atoms with E-state index < -0.39 is 22.0 Å². The smallest absolute Gasteiger partial charge is 0.323 e. The fourth-order valence-corrected chi connectivity index (χ4v) is 4.18. The van der Waals surface area contributed by atoms with Crippen LogP contribution >= 0.6 is 0 Å². The second kappa shape index (κ2) is 15.6. The lowest BCUT2D eigenvalue weighted by atomic mass is 10.1. The molecule has 0 aromatic heterocycles. The van der Waals surface area contributed by atoms with E-state index in [1.807, 2.05) is 6.92 Å². The van der Waals surface area contributed by atoms with Crippen molar-refractivity contribution in [3.05, 3.63) is 0 Å². The van der Waals surface area contributed by atoms with Crippen molar-refractivity contribution in [2.75, 3.05) is 12.9 Å². The van der Waals surface area contributed by atoms with E-state index in [9.17, 15) is 13.2 Å². The summed E-state index contributed by atoms with van der Waals surface area (Å²) in [6.45, 7) is 4.23. The van der Waals surface area contributed by atoms with Crippen LogP contribution in [0, 0.1) is 0 Å². The van der Waals surface area contributed by atoms with Gasteiger partial charge in [0, 0.05) is 0 Å². The van der Waals surface area contributed by atoms with Crippen molar-refractivity contribution in [2.45, 2.75) is 103 Å². The van der Waals surface area contributed by atoms with Crippen LogP contribution in [0.1, 0.15) is 97.3 Å². The summed E-state index contributed by atoms with van der Waals surface area (Å²) in [4.78, 5) is 11.7. The van der Waals surface area contributed by atoms with Gasteiger partial charge in [0.25, 0.3) is 0 Å². The number of rotatable bonds is 17. The van der Waals surface area contributed by atoms with Gasteiger partial charge in [0.05, 0.1) is 12.9 Å². The summed E-state index contributed by atoms with van der Waals surface area (Å²) in [5.74, 6) is -0.413. The number of nitrogens with one attached hydrogen (secondary N) is 1. The first-order chi connectivity index (χ1) is 12.0. The highest BCUT2D eigenvalue weighted by atomic mass is 32.2. The highest BCUT2D eigenvalue weighted by molar-refractivity contribution is 7.89. The zero-order valence-corrected chi connectivity index (χ0v) is 17.3. The number of hydrogen-bond donors (Lipinski definition) is 1. The topological polar surface area (TPSA) is 72.5 Å². The van der Waals surface area contributed by atoms with Crippen LogP contribution in [0.15, 0.2) is 0 Å². The molecule has 0 aliphatic carbocycles. The molecule has 0 saturated carbocycles. The normalized spacial score (nSPS) is 12.9. The van der Waals surface area contributed by atoms with Crippen molar-refractivity contribution in [3.8, 4) is 0 Å². The zero-order chi connectivity index (χ0) is 19.0. The van der Waals surface area contributed by atoms with Crippen molar-refractivity contribution in [1.29, 1.82) is 0 Å². The Morgan fingerprint density at radius 2 is 1.32 bits per heavy atom. The second-order valence-corrected chi connectivity index (χ2v) is 8.71. The summed E-state index contributed by atoms with van der Waals surface area (Å²) in [5, 5.41) is 0. The Hall–Kier alpha value is -0.620. The summed E-state index contributed by atoms with van der Waals surface area (Å²) >= 11 is 0. The van der Waals surface area contributed by atoms with Crippen molar-refractivity contribution in [3.63, 3.8) is 0 Å². The molecule has 0 amide bonds. The lowest BCUT2D eigenvalue weighted by molar-refractivity contribution is -0.142. The number of sulfonamides is 1. The van der Waals surface area contributed by atoms with Gasteiger partial charge < -0.3 is 4.74 Å². The average molecular weight is 378 g/mol. The van der Waals surface area contributed by atoms with Gasteiger partial charge in [-0.3, -0.25) is 4.79 Å². The van der Waals surface area contributed by atoms with E-state index in [1.165, 1.54) is 52.1 Å². The molecule has 0 rings (SSSR count). The minimum Gasteiger partial charge on any atom is -0.468 e. The third-order valence-corrected chi connectivity index (χ3v) is 5.89. The van der Waals surface area contributed by atoms with Crippen LogP contribution in [0.25, 0.3) is 0 Å². The summed E-state index contributed by atoms with van der Waals surface area (Å²) in [6, 6.07) is -0.752. The van der Waals surface area contributed by atoms with Crippen LogP contribution in [0.3, 0.4) is 0 Å². The van der Waals surface area contributed by atoms with Gasteiger partial charge in [-0.05, 0) is 12.8 Å². The Balaban J connectivity index is 3.89. The zero-order valence-electron chi connectivity index (χ0n) is 16.5. The van der Waals surface area contributed by atoms with Crippen molar-refractivity contribution < 1.29 is 17.9 Å². The molecule has 0 aromatic carbocycles. The van der Waals surface area contributed by atoms with E-state index in [1.54, 1.807) is 0 Å². The maximum Gasteiger partial charge on any atom is 0.323 e. The van der Waals surface area contributed by atoms with Crippen LogP contribution < -0.4 is 4.72 Å². The van der Waals surface area contributed by atoms with Crippen LogP contribution in [0.2, 0.25) is 0 Å². The van der Waals surface area contributed by atoms with Gasteiger partial charge in [-0.25, -0.2) is 13.1 Å². The third-order valence-electron chi connectivity index (χ3n) is 4.42. The van der Waals surface area contributed by atoms with E-state index in [0.29, 0.717) is 12.8 Å². The molecular weight excluding hydrogens is 338 g/mol. The maximum atomic E-state index is 12.1. The van der Waals surface area contributed by atoms with Crippen molar-refractivity contribution in [1.82, 2.24) is 4.72 Å². The maximum absolute atomic E-state index is 12.1. The fraction of sp³-hybridized carbons (Fsp3) is 0.947. The van der Waals surface area contributed by atoms with Crippen molar-refractivity contribution >= 4 is 16.0 Å². The molecular formula is C19H39NO4S. The Morgan fingerprint density at radius 3 is 1.80 bits per heavy atom. The molecule has 1 N–H and O–H groups in total. The van der Waals surface area contributed by atoms with E-state index in [4.69, 9.17) is 4.74 Å². The summed E-state index contributed by atoms with van der Waals surface area (Å²) in [5.41, 5.74) is 0. The first-order valence-electron chi connectivity index (χ1n) is 10.0. The highest BCUT2D eigenvalue weighted by Gasteiger charge is 2.24. The van der Waals surface area contributed by atoms with Gasteiger partial charge in [-0.1, -0.05) is 84.5 Å². The van der Waals surface area contributed by atoms with Gasteiger partial charge >= 0.3 is 5.97 Å². The van der Waals surface area contributed by atoms with Crippen LogP contribution in [-0.2, 0) is 19.6 Å². The Bertz CT molecular complexity index is 423. The van der Waals surface area contributed by atoms with E-state index in [2.05, 4.69) is 11.6 Å². The van der Waals surface area contributed by atoms with Gasteiger partial charge in [0.1, 0.15) is 6.04 Å². The standard InChI is InChI=1S/C19H39NO4S/c1-4-6-8-9-10-11-12-13-14-15-17-25(22,23)20-18(16-7-5-2)19(21)24-3/h18,20H,4-17H2,1-3H3/t18-/m0/s1. The molecule has 0 bridgehead atoms. The number of unbranched alkanes of at least 4 members (excludes halogenated alkanes) is 10. The molecule has 0 heterocycles. The first kappa shape index (κ1) is 24.4. The number of carbonyl (C=O) groups is 1. The number of hydrogen-bond acceptors (Lipinski definition) is 4. The van der Waals surface area contributed by atoms with Gasteiger partial charge in [-0.2, -0.15) is 0 Å². The SMILES string of the molecule is CCCCCCCCCCCCS(=O)(=O)N[C@@H](CCCC)C(=O)OC. The number of ether oxygens (including phenoxy) is 1. The molecule has 25 heavy (non-hydrogen) atoms. The van der Waals surface area contributed by atoms with E-state index >= 15 is 0 Å². The van der Waals surface area contributed by atoms with Gasteiger partial charge in [0.15, 0.2) is 0 Å². The quantitative estimate of drug-likeness (QED) is 0.298. The lowest BCUT2D eigenvalue weighted by Crippen LogP contribution is -2.42. The molecule has 0 fully saturated rings. The Morgan fingerprint density at radius 1 is 0.840 bits per heavy atom. The Labute approximate surface area is 155 Å². The molecule has 1 atom stereocenters. The molecule has 0 aliphatic rings. The fourth-order valence-electron chi connectivity index (χ4n) is 2.83. The largest absolute Gasteiger partial charge is 0.468 e. The monoisotopic (exact) mass is 377 g/mol. The molecule has 0 unspecified atom stereocenters. The molecule has 0 radical (unpaired) electrons. The molecule has 5 nitrogen and oxygen atoms in total. The number of esters is 1. The first-order valence-corrected chi connectivity index (χ1v) is 11.7. The minimum absolute atomic E-state index is 0.0864. The number of methoxy groups -OCH3 is 1. The predicted molar refractivity (Wildman–Crippen MR) is 104 cm³/mol. The molecule has 0 spiro atoms. The Kier molecular flexibility index (Phi) is 15.2. The predicted octanol–water partition coefficient (Wildman–Crippen LogP) is 4.56. The molecule has 0 aliphatic heterocycles. The summed E-state index contributed by atoms with van der Waals surface area (Å²) in [6.07, 6.45) is 13.8. The summed E-state index contributed by atoms with van der Waals surface area (Å²) in [7, 11) is -2.14. The number of carbonyl (C=O) groups excluding carboxylic acids is 1. The average Bonchev–Trinajstić information content (AvgIpc) is 2.59. The van der Waals surface area contributed by atoms with Gasteiger partial charge in [-0.15, -0.1) is 0 Å². The van der Waals surface area contributed by atoms with E-state index in [-0.39, 0.29) is 5.75 Å². The second-order valence-electron chi connectivity index (χ2n) is 6.84. The van der Waals surface area contributed by atoms with Crippen LogP contribution in [0.5, 0.6) is 0 Å². The minimum atomic E-state index is -3.42. The van der Waals surface area contributed by atoms with Crippen LogP contribution in [0.4, 0.5) is 0 Å². The highest BCUT2D eigenvalue weighted by Crippen LogP contribution is 2.11. The summed E-state index contributed by atoms with van der Waals surface area (Å²) < 4.78 is 31.5. The van der Waals surface area contributed by atoms with Gasteiger partial charge in [0.2, 0.25) is 10.0 Å². The molecule has 6 heteroatoms. The lowest BCUT2D eigenvalue weighted by Gasteiger charge is -2.16. The molecule has 0 aromatic rings. The van der Waals surface area contributed by atoms with Crippen LogP contribution in [-0.4, -0.2) is 33.3 Å². The third kappa shape index (κ3) is 14.3. The molecule has 0 saturated heterocycles. The van der Waals surface area contributed by atoms with Crippen molar-refractivity contribution in [2.24, 2.45) is 0 Å². The molecule has 150 valence electrons.